The van der Waals surface area contributed by atoms with Crippen molar-refractivity contribution in [2.45, 2.75) is 39.4 Å². The van der Waals surface area contributed by atoms with Crippen LogP contribution in [0.2, 0.25) is 0 Å². The SMILES string of the molecule is CCC(CC)(CNCc1cc(F)cc(C(F)(F)F)c1)C(=O)O. The Labute approximate surface area is 126 Å². The summed E-state index contributed by atoms with van der Waals surface area (Å²) in [5.74, 6) is -1.93. The van der Waals surface area contributed by atoms with Crippen LogP contribution in [0.1, 0.15) is 37.8 Å². The Kier molecular flexibility index (Phi) is 5.93. The number of carbonyl (C=O) groups is 1. The number of alkyl halides is 3. The lowest BCUT2D eigenvalue weighted by Gasteiger charge is -2.27. The van der Waals surface area contributed by atoms with Crippen LogP contribution in [0.3, 0.4) is 0 Å². The van der Waals surface area contributed by atoms with Gasteiger partial charge in [0.05, 0.1) is 11.0 Å². The molecule has 0 amide bonds. The van der Waals surface area contributed by atoms with Crippen molar-refractivity contribution < 1.29 is 27.5 Å². The van der Waals surface area contributed by atoms with E-state index in [1.54, 1.807) is 13.8 Å². The molecule has 0 unspecified atom stereocenters. The second-order valence-electron chi connectivity index (χ2n) is 5.24. The minimum absolute atomic E-state index is 0.0319. The highest BCUT2D eigenvalue weighted by Gasteiger charge is 2.34. The highest BCUT2D eigenvalue weighted by atomic mass is 19.4. The fraction of sp³-hybridized carbons (Fsp3) is 0.533. The van der Waals surface area contributed by atoms with Gasteiger partial charge in [-0.3, -0.25) is 4.79 Å². The van der Waals surface area contributed by atoms with Crippen molar-refractivity contribution in [1.82, 2.24) is 5.32 Å². The number of aliphatic carboxylic acids is 1. The maximum Gasteiger partial charge on any atom is 0.416 e. The van der Waals surface area contributed by atoms with Crippen LogP contribution in [0.4, 0.5) is 17.6 Å². The Bertz CT molecular complexity index is 525. The lowest BCUT2D eigenvalue weighted by Crippen LogP contribution is -2.40. The molecular weight excluding hydrogens is 302 g/mol. The summed E-state index contributed by atoms with van der Waals surface area (Å²) in [5, 5.41) is 12.1. The van der Waals surface area contributed by atoms with Crippen LogP contribution in [0.15, 0.2) is 18.2 Å². The normalized spacial score (nSPS) is 12.5. The third-order valence-corrected chi connectivity index (χ3v) is 3.88. The maximum absolute atomic E-state index is 13.3. The van der Waals surface area contributed by atoms with Gasteiger partial charge in [-0.25, -0.2) is 4.39 Å². The molecule has 0 aliphatic carbocycles. The van der Waals surface area contributed by atoms with E-state index in [4.69, 9.17) is 0 Å². The first kappa shape index (κ1) is 18.4. The number of nitrogens with one attached hydrogen (secondary N) is 1. The van der Waals surface area contributed by atoms with E-state index in [1.165, 1.54) is 0 Å². The number of carboxylic acid groups (broad SMARTS) is 1. The van der Waals surface area contributed by atoms with Gasteiger partial charge in [-0.05, 0) is 36.6 Å². The van der Waals surface area contributed by atoms with Crippen molar-refractivity contribution in [3.05, 3.63) is 35.1 Å². The fourth-order valence-electron chi connectivity index (χ4n) is 2.24. The number of hydrogen-bond acceptors (Lipinski definition) is 2. The minimum atomic E-state index is -4.62. The smallest absolute Gasteiger partial charge is 0.416 e. The number of carboxylic acids is 1. The summed E-state index contributed by atoms with van der Waals surface area (Å²) >= 11 is 0. The molecule has 1 aromatic carbocycles. The van der Waals surface area contributed by atoms with E-state index in [-0.39, 0.29) is 18.7 Å². The van der Waals surface area contributed by atoms with Gasteiger partial charge >= 0.3 is 12.1 Å². The average Bonchev–Trinajstić information content (AvgIpc) is 2.42. The first-order valence-electron chi connectivity index (χ1n) is 6.95. The molecule has 0 atom stereocenters. The zero-order valence-corrected chi connectivity index (χ0v) is 12.4. The number of rotatable bonds is 7. The highest BCUT2D eigenvalue weighted by molar-refractivity contribution is 5.74. The van der Waals surface area contributed by atoms with Crippen LogP contribution >= 0.6 is 0 Å². The lowest BCUT2D eigenvalue weighted by atomic mass is 9.82. The van der Waals surface area contributed by atoms with E-state index >= 15 is 0 Å². The number of benzene rings is 1. The van der Waals surface area contributed by atoms with Crippen molar-refractivity contribution in [1.29, 1.82) is 0 Å². The second-order valence-corrected chi connectivity index (χ2v) is 5.24. The molecule has 0 saturated carbocycles. The van der Waals surface area contributed by atoms with E-state index in [0.29, 0.717) is 18.9 Å². The van der Waals surface area contributed by atoms with Gasteiger partial charge < -0.3 is 10.4 Å². The molecule has 124 valence electrons. The van der Waals surface area contributed by atoms with Crippen LogP contribution in [0.5, 0.6) is 0 Å². The molecule has 2 N–H and O–H groups in total. The van der Waals surface area contributed by atoms with E-state index in [0.717, 1.165) is 12.1 Å². The number of hydrogen-bond donors (Lipinski definition) is 2. The highest BCUT2D eigenvalue weighted by Crippen LogP contribution is 2.30. The Morgan fingerprint density at radius 3 is 2.23 bits per heavy atom. The Morgan fingerprint density at radius 1 is 1.18 bits per heavy atom. The van der Waals surface area contributed by atoms with Gasteiger partial charge in [0, 0.05) is 13.1 Å². The van der Waals surface area contributed by atoms with Gasteiger partial charge in [0.25, 0.3) is 0 Å². The molecule has 1 rings (SSSR count). The predicted molar refractivity (Wildman–Crippen MR) is 73.8 cm³/mol. The molecule has 22 heavy (non-hydrogen) atoms. The molecule has 0 spiro atoms. The van der Waals surface area contributed by atoms with Crippen LogP contribution in [-0.4, -0.2) is 17.6 Å². The van der Waals surface area contributed by atoms with Crippen molar-refractivity contribution in [3.63, 3.8) is 0 Å². The van der Waals surface area contributed by atoms with E-state index < -0.39 is 28.9 Å². The van der Waals surface area contributed by atoms with Crippen molar-refractivity contribution in [3.8, 4) is 0 Å². The standard InChI is InChI=1S/C15H19F4NO2/c1-3-14(4-2,13(21)22)9-20-8-10-5-11(15(17,18)19)7-12(16)6-10/h5-7,20H,3-4,8-9H2,1-2H3,(H,21,22). The summed E-state index contributed by atoms with van der Waals surface area (Å²) in [7, 11) is 0. The van der Waals surface area contributed by atoms with E-state index in [9.17, 15) is 27.5 Å². The first-order valence-corrected chi connectivity index (χ1v) is 6.95. The summed E-state index contributed by atoms with van der Waals surface area (Å²) in [6.07, 6.45) is -3.83. The summed E-state index contributed by atoms with van der Waals surface area (Å²) in [6, 6.07) is 2.29. The molecule has 3 nitrogen and oxygen atoms in total. The zero-order chi connectivity index (χ0) is 17.0. The van der Waals surface area contributed by atoms with Gasteiger partial charge in [-0.2, -0.15) is 13.2 Å². The quantitative estimate of drug-likeness (QED) is 0.751. The Hall–Kier alpha value is -1.63. The first-order chi connectivity index (χ1) is 10.1. The average molecular weight is 321 g/mol. The summed E-state index contributed by atoms with van der Waals surface area (Å²) in [5.41, 5.74) is -1.90. The molecule has 7 heteroatoms. The largest absolute Gasteiger partial charge is 0.481 e. The molecule has 0 bridgehead atoms. The third kappa shape index (κ3) is 4.43. The summed E-state index contributed by atoms with van der Waals surface area (Å²) in [4.78, 5) is 11.3. The molecule has 0 saturated heterocycles. The molecule has 0 heterocycles. The van der Waals surface area contributed by atoms with Gasteiger partial charge in [0.1, 0.15) is 5.82 Å². The Morgan fingerprint density at radius 2 is 1.77 bits per heavy atom. The topological polar surface area (TPSA) is 49.3 Å². The van der Waals surface area contributed by atoms with E-state index in [1.807, 2.05) is 0 Å². The fourth-order valence-corrected chi connectivity index (χ4v) is 2.24. The van der Waals surface area contributed by atoms with E-state index in [2.05, 4.69) is 5.32 Å². The van der Waals surface area contributed by atoms with Gasteiger partial charge in [0.15, 0.2) is 0 Å². The molecule has 0 radical (unpaired) electrons. The Balaban J connectivity index is 2.81. The summed E-state index contributed by atoms with van der Waals surface area (Å²) in [6.45, 7) is 3.55. The maximum atomic E-state index is 13.3. The third-order valence-electron chi connectivity index (χ3n) is 3.88. The van der Waals surface area contributed by atoms with Gasteiger partial charge in [0.2, 0.25) is 0 Å². The molecule has 0 aromatic heterocycles. The molecule has 0 aliphatic rings. The van der Waals surface area contributed by atoms with Crippen LogP contribution in [-0.2, 0) is 17.5 Å². The monoisotopic (exact) mass is 321 g/mol. The van der Waals surface area contributed by atoms with Crippen LogP contribution in [0.25, 0.3) is 0 Å². The molecule has 0 fully saturated rings. The molecule has 1 aromatic rings. The van der Waals surface area contributed by atoms with Crippen LogP contribution in [0, 0.1) is 11.2 Å². The zero-order valence-electron chi connectivity index (χ0n) is 12.4. The summed E-state index contributed by atoms with van der Waals surface area (Å²) < 4.78 is 51.1. The molecule has 0 aliphatic heterocycles. The lowest BCUT2D eigenvalue weighted by molar-refractivity contribution is -0.149. The van der Waals surface area contributed by atoms with Gasteiger partial charge in [-0.1, -0.05) is 13.8 Å². The van der Waals surface area contributed by atoms with Crippen LogP contribution < -0.4 is 5.32 Å². The predicted octanol–water partition coefficient (Wildman–Crippen LogP) is 3.83. The van der Waals surface area contributed by atoms with Crippen molar-refractivity contribution in [2.24, 2.45) is 5.41 Å². The second kappa shape index (κ2) is 7.09. The van der Waals surface area contributed by atoms with Gasteiger partial charge in [-0.15, -0.1) is 0 Å². The van der Waals surface area contributed by atoms with Crippen molar-refractivity contribution >= 4 is 5.97 Å². The molecular formula is C15H19F4NO2. The number of halogens is 4. The van der Waals surface area contributed by atoms with Crippen molar-refractivity contribution in [2.75, 3.05) is 6.54 Å². The minimum Gasteiger partial charge on any atom is -0.481 e.